The first kappa shape index (κ1) is 29.2. The van der Waals surface area contributed by atoms with E-state index in [-0.39, 0.29) is 0 Å². The zero-order chi connectivity index (χ0) is 25.7. The average Bonchev–Trinajstić information content (AvgIpc) is 2.96. The van der Waals surface area contributed by atoms with Crippen LogP contribution in [-0.2, 0) is 6.42 Å². The smallest absolute Gasteiger partial charge is 0.0162 e. The molecule has 210 valence electrons. The fourth-order valence-electron chi connectivity index (χ4n) is 8.55. The molecule has 0 N–H and O–H groups in total. The van der Waals surface area contributed by atoms with E-state index in [9.17, 15) is 0 Å². The standard InChI is InChI=1S/C37H62/c1-3-5-7-9-11-31-16-24-35(25-17-31)37-28-20-33(21-29-37)13-12-32-18-26-36(27-19-32)34-22-14-30(15-23-34)10-8-6-4-2/h20-21,28-32,34-36H,3-19,22-27H2,1-2H3/t30-,31-,32-,34-,35-,36-. The average molecular weight is 507 g/mol. The van der Waals surface area contributed by atoms with E-state index < -0.39 is 0 Å². The summed E-state index contributed by atoms with van der Waals surface area (Å²) >= 11 is 0. The fourth-order valence-corrected chi connectivity index (χ4v) is 8.55. The van der Waals surface area contributed by atoms with Crippen molar-refractivity contribution in [1.82, 2.24) is 0 Å². The molecule has 3 aliphatic carbocycles. The molecule has 1 aromatic rings. The van der Waals surface area contributed by atoms with Gasteiger partial charge in [0.15, 0.2) is 0 Å². The minimum absolute atomic E-state index is 0.836. The summed E-state index contributed by atoms with van der Waals surface area (Å²) in [5.41, 5.74) is 3.23. The summed E-state index contributed by atoms with van der Waals surface area (Å²) in [6, 6.07) is 9.96. The van der Waals surface area contributed by atoms with Gasteiger partial charge in [-0.15, -0.1) is 0 Å². The number of unbranched alkanes of at least 4 members (excludes halogenated alkanes) is 5. The van der Waals surface area contributed by atoms with E-state index in [4.69, 9.17) is 0 Å². The number of benzene rings is 1. The molecule has 1 aromatic carbocycles. The summed E-state index contributed by atoms with van der Waals surface area (Å²) in [7, 11) is 0. The van der Waals surface area contributed by atoms with Crippen LogP contribution in [0.15, 0.2) is 24.3 Å². The van der Waals surface area contributed by atoms with Crippen molar-refractivity contribution in [2.24, 2.45) is 29.6 Å². The van der Waals surface area contributed by atoms with Gasteiger partial charge >= 0.3 is 0 Å². The van der Waals surface area contributed by atoms with E-state index >= 15 is 0 Å². The predicted molar refractivity (Wildman–Crippen MR) is 163 cm³/mol. The first-order valence-corrected chi connectivity index (χ1v) is 17.3. The molecule has 4 rings (SSSR count). The highest BCUT2D eigenvalue weighted by Crippen LogP contribution is 2.43. The SMILES string of the molecule is CCCCCC[C@H]1CC[C@H](c2ccc(CC[C@H]3CC[C@H]([C@H]4CC[C@H](CCCCC)CC4)CC3)cc2)CC1. The Morgan fingerprint density at radius 2 is 0.946 bits per heavy atom. The maximum absolute atomic E-state index is 2.50. The quantitative estimate of drug-likeness (QED) is 0.220. The van der Waals surface area contributed by atoms with E-state index in [1.54, 1.807) is 36.8 Å². The van der Waals surface area contributed by atoms with Gasteiger partial charge in [0.1, 0.15) is 0 Å². The minimum Gasteiger partial charge on any atom is -0.0654 e. The van der Waals surface area contributed by atoms with Gasteiger partial charge in [-0.25, -0.2) is 0 Å². The molecular formula is C37H62. The van der Waals surface area contributed by atoms with Crippen LogP contribution >= 0.6 is 0 Å². The van der Waals surface area contributed by atoms with Gasteiger partial charge in [-0.3, -0.25) is 0 Å². The fraction of sp³-hybridized carbons (Fsp3) is 0.838. The van der Waals surface area contributed by atoms with Crippen LogP contribution < -0.4 is 0 Å². The van der Waals surface area contributed by atoms with Crippen LogP contribution in [0.5, 0.6) is 0 Å². The highest BCUT2D eigenvalue weighted by atomic mass is 14.4. The highest BCUT2D eigenvalue weighted by Gasteiger charge is 2.30. The normalized spacial score (nSPS) is 30.9. The number of aryl methyl sites for hydroxylation is 1. The second-order valence-electron chi connectivity index (χ2n) is 13.9. The summed E-state index contributed by atoms with van der Waals surface area (Å²) in [4.78, 5) is 0. The topological polar surface area (TPSA) is 0 Å². The van der Waals surface area contributed by atoms with Gasteiger partial charge in [0, 0.05) is 0 Å². The van der Waals surface area contributed by atoms with Crippen molar-refractivity contribution in [2.75, 3.05) is 0 Å². The van der Waals surface area contributed by atoms with E-state index in [1.165, 1.54) is 122 Å². The lowest BCUT2D eigenvalue weighted by atomic mass is 9.68. The molecule has 3 saturated carbocycles. The molecule has 0 atom stereocenters. The number of hydrogen-bond acceptors (Lipinski definition) is 0. The van der Waals surface area contributed by atoms with Crippen molar-refractivity contribution in [2.45, 2.75) is 167 Å². The van der Waals surface area contributed by atoms with Crippen LogP contribution in [0.25, 0.3) is 0 Å². The van der Waals surface area contributed by atoms with Crippen LogP contribution in [0.3, 0.4) is 0 Å². The minimum atomic E-state index is 0.836. The Morgan fingerprint density at radius 3 is 1.49 bits per heavy atom. The van der Waals surface area contributed by atoms with Crippen molar-refractivity contribution >= 4 is 0 Å². The van der Waals surface area contributed by atoms with Crippen molar-refractivity contribution < 1.29 is 0 Å². The Morgan fingerprint density at radius 1 is 0.486 bits per heavy atom. The third-order valence-electron chi connectivity index (χ3n) is 11.3. The van der Waals surface area contributed by atoms with Crippen molar-refractivity contribution in [3.63, 3.8) is 0 Å². The predicted octanol–water partition coefficient (Wildman–Crippen LogP) is 12.1. The van der Waals surface area contributed by atoms with Gasteiger partial charge in [0.05, 0.1) is 0 Å². The molecule has 0 amide bonds. The summed E-state index contributed by atoms with van der Waals surface area (Å²) < 4.78 is 0. The zero-order valence-electron chi connectivity index (χ0n) is 25.0. The lowest BCUT2D eigenvalue weighted by Gasteiger charge is -2.38. The van der Waals surface area contributed by atoms with Crippen LogP contribution in [-0.4, -0.2) is 0 Å². The molecule has 0 aromatic heterocycles. The van der Waals surface area contributed by atoms with Gasteiger partial charge in [-0.05, 0) is 111 Å². The van der Waals surface area contributed by atoms with E-state index in [0.29, 0.717) is 0 Å². The molecule has 3 fully saturated rings. The van der Waals surface area contributed by atoms with Crippen LogP contribution in [0.1, 0.15) is 172 Å². The molecule has 0 nitrogen and oxygen atoms in total. The summed E-state index contributed by atoms with van der Waals surface area (Å²) in [6.07, 6.45) is 33.9. The molecule has 0 saturated heterocycles. The van der Waals surface area contributed by atoms with Gasteiger partial charge in [0.2, 0.25) is 0 Å². The Labute approximate surface area is 232 Å². The van der Waals surface area contributed by atoms with E-state index in [0.717, 1.165) is 35.5 Å². The molecule has 0 aliphatic heterocycles. The van der Waals surface area contributed by atoms with E-state index in [2.05, 4.69) is 38.1 Å². The summed E-state index contributed by atoms with van der Waals surface area (Å²) in [6.45, 7) is 4.66. The molecule has 0 heterocycles. The monoisotopic (exact) mass is 506 g/mol. The first-order chi connectivity index (χ1) is 18.2. The Hall–Kier alpha value is -0.780. The van der Waals surface area contributed by atoms with E-state index in [1.807, 2.05) is 0 Å². The molecular weight excluding hydrogens is 444 g/mol. The Balaban J connectivity index is 1.09. The van der Waals surface area contributed by atoms with Crippen molar-refractivity contribution in [3.8, 4) is 0 Å². The molecule has 0 bridgehead atoms. The molecule has 0 heteroatoms. The highest BCUT2D eigenvalue weighted by molar-refractivity contribution is 5.26. The molecule has 3 aliphatic rings. The van der Waals surface area contributed by atoms with Crippen molar-refractivity contribution in [1.29, 1.82) is 0 Å². The van der Waals surface area contributed by atoms with Gasteiger partial charge in [0.25, 0.3) is 0 Å². The number of rotatable bonds is 14. The molecule has 37 heavy (non-hydrogen) atoms. The van der Waals surface area contributed by atoms with Crippen LogP contribution in [0, 0.1) is 29.6 Å². The Kier molecular flexibility index (Phi) is 12.9. The van der Waals surface area contributed by atoms with Gasteiger partial charge in [-0.1, -0.05) is 122 Å². The molecule has 0 unspecified atom stereocenters. The van der Waals surface area contributed by atoms with Gasteiger partial charge in [-0.2, -0.15) is 0 Å². The molecule has 0 radical (unpaired) electrons. The third-order valence-corrected chi connectivity index (χ3v) is 11.3. The van der Waals surface area contributed by atoms with Crippen molar-refractivity contribution in [3.05, 3.63) is 35.4 Å². The largest absolute Gasteiger partial charge is 0.0654 e. The zero-order valence-corrected chi connectivity index (χ0v) is 25.0. The van der Waals surface area contributed by atoms with Gasteiger partial charge < -0.3 is 0 Å². The Bertz CT molecular complexity index is 692. The maximum Gasteiger partial charge on any atom is -0.0162 e. The lowest BCUT2D eigenvalue weighted by Crippen LogP contribution is -2.26. The lowest BCUT2D eigenvalue weighted by molar-refractivity contribution is 0.140. The maximum atomic E-state index is 2.50. The second kappa shape index (κ2) is 16.4. The van der Waals surface area contributed by atoms with Crippen LogP contribution in [0.4, 0.5) is 0 Å². The second-order valence-corrected chi connectivity index (χ2v) is 13.9. The molecule has 0 spiro atoms. The third kappa shape index (κ3) is 9.72. The summed E-state index contributed by atoms with van der Waals surface area (Å²) in [5, 5.41) is 0. The number of hydrogen-bond donors (Lipinski definition) is 0. The first-order valence-electron chi connectivity index (χ1n) is 17.3. The van der Waals surface area contributed by atoms with Crippen LogP contribution in [0.2, 0.25) is 0 Å². The summed E-state index contributed by atoms with van der Waals surface area (Å²) in [5.74, 6) is 6.07.